The van der Waals surface area contributed by atoms with Crippen LogP contribution in [-0.2, 0) is 19.5 Å². The molecule has 0 radical (unpaired) electrons. The number of rotatable bonds is 8. The van der Waals surface area contributed by atoms with Gasteiger partial charge in [-0.05, 0) is 79.2 Å². The van der Waals surface area contributed by atoms with Gasteiger partial charge in [0.2, 0.25) is 0 Å². The minimum Gasteiger partial charge on any atom is -0.299 e. The highest BCUT2D eigenvalue weighted by Gasteiger charge is 2.26. The number of carbonyl (C=O) groups excluding carboxylic acids is 1. The monoisotopic (exact) mass is 489 g/mol. The molecule has 0 aliphatic carbocycles. The number of hydrogen-bond donors (Lipinski definition) is 0. The highest BCUT2D eigenvalue weighted by molar-refractivity contribution is 5.95. The fraction of sp³-hybridized carbons (Fsp3) is 0.241. The Hall–Kier alpha value is -3.71. The zero-order valence-electron chi connectivity index (χ0n) is 19.8. The Morgan fingerprint density at radius 2 is 1.44 bits per heavy atom. The van der Waals surface area contributed by atoms with Crippen LogP contribution in [-0.4, -0.2) is 33.6 Å². The van der Waals surface area contributed by atoms with Crippen molar-refractivity contribution >= 4 is 5.78 Å². The molecule has 0 spiro atoms. The van der Waals surface area contributed by atoms with E-state index in [1.807, 2.05) is 4.68 Å². The molecule has 0 bridgehead atoms. The van der Waals surface area contributed by atoms with Gasteiger partial charge >= 0.3 is 0 Å². The first-order valence-corrected chi connectivity index (χ1v) is 12.1. The summed E-state index contributed by atoms with van der Waals surface area (Å²) in [6.07, 6.45) is 1.88. The average molecular weight is 490 g/mol. The molecule has 2 heterocycles. The Labute approximate surface area is 208 Å². The van der Waals surface area contributed by atoms with Crippen molar-refractivity contribution in [3.05, 3.63) is 113 Å². The number of nitrogens with zero attached hydrogens (tertiary/aromatic N) is 3. The van der Waals surface area contributed by atoms with E-state index in [1.54, 1.807) is 24.3 Å². The minimum absolute atomic E-state index is 0.00631. The number of carbonyl (C=O) groups is 1. The van der Waals surface area contributed by atoms with Crippen molar-refractivity contribution in [1.29, 1.82) is 0 Å². The van der Waals surface area contributed by atoms with Crippen LogP contribution in [0.3, 0.4) is 0 Å². The maximum Gasteiger partial charge on any atom is 0.162 e. The molecule has 0 saturated carbocycles. The molecule has 0 fully saturated rings. The van der Waals surface area contributed by atoms with Gasteiger partial charge in [-0.2, -0.15) is 5.10 Å². The topological polar surface area (TPSA) is 38.1 Å². The van der Waals surface area contributed by atoms with Gasteiger partial charge in [-0.15, -0.1) is 0 Å². The first kappa shape index (κ1) is 24.0. The lowest BCUT2D eigenvalue weighted by Crippen LogP contribution is -2.32. The number of halogens is 3. The molecule has 0 atom stereocenters. The number of ketones is 1. The highest BCUT2D eigenvalue weighted by Crippen LogP contribution is 2.31. The number of hydrogen-bond acceptors (Lipinski definition) is 3. The van der Waals surface area contributed by atoms with Gasteiger partial charge in [-0.25, -0.2) is 13.2 Å². The maximum atomic E-state index is 13.6. The molecule has 4 nitrogen and oxygen atoms in total. The average Bonchev–Trinajstić information content (AvgIpc) is 3.23. The Morgan fingerprint density at radius 1 is 0.833 bits per heavy atom. The van der Waals surface area contributed by atoms with Crippen molar-refractivity contribution in [2.45, 2.75) is 32.4 Å². The quantitative estimate of drug-likeness (QED) is 0.284. The molecule has 5 rings (SSSR count). The van der Waals surface area contributed by atoms with Crippen LogP contribution < -0.4 is 0 Å². The Kier molecular flexibility index (Phi) is 7.00. The molecule has 1 aromatic heterocycles. The van der Waals surface area contributed by atoms with E-state index in [4.69, 9.17) is 5.10 Å². The van der Waals surface area contributed by atoms with E-state index in [9.17, 15) is 18.0 Å². The Morgan fingerprint density at radius 3 is 2.11 bits per heavy atom. The normalized spacial score (nSPS) is 13.5. The Balaban J connectivity index is 1.32. The largest absolute Gasteiger partial charge is 0.299 e. The molecule has 4 aromatic rings. The molecule has 0 amide bonds. The van der Waals surface area contributed by atoms with Crippen molar-refractivity contribution in [3.63, 3.8) is 0 Å². The van der Waals surface area contributed by atoms with E-state index in [0.717, 1.165) is 47.6 Å². The van der Waals surface area contributed by atoms with E-state index in [0.29, 0.717) is 31.5 Å². The lowest BCUT2D eigenvalue weighted by molar-refractivity contribution is 0.0973. The van der Waals surface area contributed by atoms with Crippen LogP contribution in [0.4, 0.5) is 13.2 Å². The second kappa shape index (κ2) is 10.5. The summed E-state index contributed by atoms with van der Waals surface area (Å²) >= 11 is 0. The van der Waals surface area contributed by atoms with Gasteiger partial charge in [-0.3, -0.25) is 14.4 Å². The summed E-state index contributed by atoms with van der Waals surface area (Å²) in [5.74, 6) is -0.924. The van der Waals surface area contributed by atoms with E-state index < -0.39 is 0 Å². The molecule has 0 N–H and O–H groups in total. The molecule has 36 heavy (non-hydrogen) atoms. The lowest BCUT2D eigenvalue weighted by Gasteiger charge is -2.27. The van der Waals surface area contributed by atoms with Crippen LogP contribution in [0.25, 0.3) is 11.3 Å². The SMILES string of the molecule is O=C(CCCN1CCc2c(c(-c3ccc(F)cc3)nn2Cc2ccc(F)cc2)C1)c1ccc(F)cc1. The van der Waals surface area contributed by atoms with Crippen LogP contribution in [0, 0.1) is 17.5 Å². The van der Waals surface area contributed by atoms with Gasteiger partial charge in [0.15, 0.2) is 5.78 Å². The van der Waals surface area contributed by atoms with Gasteiger partial charge < -0.3 is 0 Å². The zero-order chi connectivity index (χ0) is 25.1. The smallest absolute Gasteiger partial charge is 0.162 e. The second-order valence-electron chi connectivity index (χ2n) is 9.12. The van der Waals surface area contributed by atoms with Crippen LogP contribution >= 0.6 is 0 Å². The molecule has 0 unspecified atom stereocenters. The fourth-order valence-corrected chi connectivity index (χ4v) is 4.71. The summed E-state index contributed by atoms with van der Waals surface area (Å²) in [6.45, 7) is 2.78. The molecule has 3 aromatic carbocycles. The molecule has 1 aliphatic heterocycles. The molecule has 0 saturated heterocycles. The van der Waals surface area contributed by atoms with E-state index in [-0.39, 0.29) is 23.2 Å². The van der Waals surface area contributed by atoms with Gasteiger partial charge in [0.25, 0.3) is 0 Å². The van der Waals surface area contributed by atoms with Crippen molar-refractivity contribution in [1.82, 2.24) is 14.7 Å². The predicted octanol–water partition coefficient (Wildman–Crippen LogP) is 6.04. The summed E-state index contributed by atoms with van der Waals surface area (Å²) in [5.41, 5.74) is 5.36. The lowest BCUT2D eigenvalue weighted by atomic mass is 10.00. The standard InChI is InChI=1S/C29H26F3N3O/c30-23-9-3-20(4-10-23)18-35-27-15-17-34(16-1-2-28(36)21-5-11-24(31)12-6-21)19-26(27)29(33-35)22-7-13-25(32)14-8-22/h3-14H,1-2,15-19H2. The third-order valence-electron chi connectivity index (χ3n) is 6.62. The molecular weight excluding hydrogens is 463 g/mol. The van der Waals surface area contributed by atoms with E-state index >= 15 is 0 Å². The number of Topliss-reactive ketones (excluding diaryl/α,β-unsaturated/α-hetero) is 1. The van der Waals surface area contributed by atoms with Crippen LogP contribution in [0.1, 0.15) is 40.0 Å². The van der Waals surface area contributed by atoms with Crippen molar-refractivity contribution in [2.75, 3.05) is 13.1 Å². The summed E-state index contributed by atoms with van der Waals surface area (Å²) in [5, 5.41) is 4.89. The number of benzene rings is 3. The minimum atomic E-state index is -0.354. The van der Waals surface area contributed by atoms with Crippen molar-refractivity contribution < 1.29 is 18.0 Å². The summed E-state index contributed by atoms with van der Waals surface area (Å²) in [7, 11) is 0. The van der Waals surface area contributed by atoms with Gasteiger partial charge in [0.1, 0.15) is 17.5 Å². The number of fused-ring (bicyclic) bond motifs is 1. The predicted molar refractivity (Wildman–Crippen MR) is 132 cm³/mol. The van der Waals surface area contributed by atoms with Crippen LogP contribution in [0.5, 0.6) is 0 Å². The molecular formula is C29H26F3N3O. The first-order valence-electron chi connectivity index (χ1n) is 12.1. The molecule has 1 aliphatic rings. The van der Waals surface area contributed by atoms with Crippen LogP contribution in [0.15, 0.2) is 72.8 Å². The number of aromatic nitrogens is 2. The summed E-state index contributed by atoms with van der Waals surface area (Å²) < 4.78 is 42.0. The van der Waals surface area contributed by atoms with Crippen LogP contribution in [0.2, 0.25) is 0 Å². The highest BCUT2D eigenvalue weighted by atomic mass is 19.1. The van der Waals surface area contributed by atoms with E-state index in [1.165, 1.54) is 48.5 Å². The third-order valence-corrected chi connectivity index (χ3v) is 6.62. The Bertz CT molecular complexity index is 1350. The second-order valence-corrected chi connectivity index (χ2v) is 9.12. The zero-order valence-corrected chi connectivity index (χ0v) is 19.8. The first-order chi connectivity index (χ1) is 17.5. The fourth-order valence-electron chi connectivity index (χ4n) is 4.71. The maximum absolute atomic E-state index is 13.6. The summed E-state index contributed by atoms with van der Waals surface area (Å²) in [6, 6.07) is 18.4. The van der Waals surface area contributed by atoms with Crippen molar-refractivity contribution in [3.8, 4) is 11.3 Å². The molecule has 7 heteroatoms. The van der Waals surface area contributed by atoms with Gasteiger partial charge in [0.05, 0.1) is 12.2 Å². The summed E-state index contributed by atoms with van der Waals surface area (Å²) in [4.78, 5) is 14.8. The van der Waals surface area contributed by atoms with Gasteiger partial charge in [0, 0.05) is 48.3 Å². The van der Waals surface area contributed by atoms with Gasteiger partial charge in [-0.1, -0.05) is 12.1 Å². The molecule has 184 valence electrons. The van der Waals surface area contributed by atoms with Crippen molar-refractivity contribution in [2.24, 2.45) is 0 Å². The van der Waals surface area contributed by atoms with E-state index in [2.05, 4.69) is 4.90 Å². The third kappa shape index (κ3) is 5.41.